The van der Waals surface area contributed by atoms with Gasteiger partial charge in [0.15, 0.2) is 0 Å². The molecule has 128 valence electrons. The number of hydrogen-bond donors (Lipinski definition) is 1. The van der Waals surface area contributed by atoms with E-state index >= 15 is 0 Å². The fourth-order valence-corrected chi connectivity index (χ4v) is 2.81. The molecule has 2 aromatic heterocycles. The van der Waals surface area contributed by atoms with E-state index in [-0.39, 0.29) is 5.91 Å². The number of amides is 1. The Hall–Kier alpha value is -3.18. The van der Waals surface area contributed by atoms with Gasteiger partial charge in [0.25, 0.3) is 0 Å². The average molecular weight is 363 g/mol. The number of aromatic nitrogens is 3. The van der Waals surface area contributed by atoms with Crippen molar-refractivity contribution in [3.63, 3.8) is 0 Å². The van der Waals surface area contributed by atoms with Gasteiger partial charge in [-0.2, -0.15) is 0 Å². The van der Waals surface area contributed by atoms with Gasteiger partial charge in [-0.05, 0) is 35.9 Å². The van der Waals surface area contributed by atoms with Crippen molar-refractivity contribution in [1.29, 1.82) is 0 Å². The van der Waals surface area contributed by atoms with E-state index < -0.39 is 0 Å². The standard InChI is InChI=1S/C20H15ClN4O/c21-16-6-2-14(3-7-16)12-19(26)23-17-8-4-15(5-9-17)18-13-25-11-1-10-22-20(25)24-18/h1-11,13H,12H2,(H,23,26). The van der Waals surface area contributed by atoms with Crippen LogP contribution in [-0.2, 0) is 11.2 Å². The molecule has 0 saturated heterocycles. The molecule has 4 rings (SSSR count). The third kappa shape index (κ3) is 3.58. The summed E-state index contributed by atoms with van der Waals surface area (Å²) in [5, 5.41) is 3.56. The molecule has 1 N–H and O–H groups in total. The minimum atomic E-state index is -0.0722. The first kappa shape index (κ1) is 16.3. The number of hydrogen-bond acceptors (Lipinski definition) is 3. The Balaban J connectivity index is 1.45. The van der Waals surface area contributed by atoms with Gasteiger partial charge >= 0.3 is 0 Å². The highest BCUT2D eigenvalue weighted by atomic mass is 35.5. The zero-order valence-corrected chi connectivity index (χ0v) is 14.5. The second-order valence-corrected chi connectivity index (χ2v) is 6.32. The van der Waals surface area contributed by atoms with Crippen LogP contribution in [0.4, 0.5) is 5.69 Å². The molecular weight excluding hydrogens is 348 g/mol. The largest absolute Gasteiger partial charge is 0.326 e. The molecule has 4 aromatic rings. The first-order chi connectivity index (χ1) is 12.7. The van der Waals surface area contributed by atoms with Gasteiger partial charge in [-0.25, -0.2) is 9.97 Å². The van der Waals surface area contributed by atoms with Gasteiger partial charge < -0.3 is 5.32 Å². The SMILES string of the molecule is O=C(Cc1ccc(Cl)cc1)Nc1ccc(-c2cn3cccnc3n2)cc1. The lowest BCUT2D eigenvalue weighted by Crippen LogP contribution is -2.14. The van der Waals surface area contributed by atoms with Gasteiger partial charge in [0.2, 0.25) is 11.7 Å². The molecule has 26 heavy (non-hydrogen) atoms. The van der Waals surface area contributed by atoms with Crippen LogP contribution in [0.3, 0.4) is 0 Å². The van der Waals surface area contributed by atoms with Crippen LogP contribution in [0.25, 0.3) is 17.0 Å². The van der Waals surface area contributed by atoms with Crippen LogP contribution in [0.2, 0.25) is 5.02 Å². The van der Waals surface area contributed by atoms with E-state index in [1.807, 2.05) is 59.3 Å². The van der Waals surface area contributed by atoms with E-state index in [9.17, 15) is 4.79 Å². The monoisotopic (exact) mass is 362 g/mol. The summed E-state index contributed by atoms with van der Waals surface area (Å²) in [7, 11) is 0. The number of fused-ring (bicyclic) bond motifs is 1. The normalized spacial score (nSPS) is 10.8. The molecule has 1 amide bonds. The Morgan fingerprint density at radius 1 is 1.08 bits per heavy atom. The van der Waals surface area contributed by atoms with Crippen molar-refractivity contribution in [2.45, 2.75) is 6.42 Å². The summed E-state index contributed by atoms with van der Waals surface area (Å²) in [5.74, 6) is 0.583. The van der Waals surface area contributed by atoms with E-state index in [0.717, 1.165) is 22.5 Å². The van der Waals surface area contributed by atoms with Gasteiger partial charge in [0, 0.05) is 34.9 Å². The number of anilines is 1. The number of imidazole rings is 1. The van der Waals surface area contributed by atoms with E-state index in [4.69, 9.17) is 11.6 Å². The molecule has 0 aliphatic carbocycles. The number of rotatable bonds is 4. The van der Waals surface area contributed by atoms with Gasteiger partial charge in [0.1, 0.15) is 0 Å². The number of benzene rings is 2. The molecular formula is C20H15ClN4O. The molecule has 2 aromatic carbocycles. The van der Waals surface area contributed by atoms with E-state index in [0.29, 0.717) is 17.2 Å². The number of halogens is 1. The fourth-order valence-electron chi connectivity index (χ4n) is 2.69. The molecule has 2 heterocycles. The third-order valence-corrected chi connectivity index (χ3v) is 4.23. The Bertz CT molecular complexity index is 1020. The Morgan fingerprint density at radius 3 is 2.58 bits per heavy atom. The highest BCUT2D eigenvalue weighted by molar-refractivity contribution is 6.30. The second kappa shape index (κ2) is 6.98. The van der Waals surface area contributed by atoms with E-state index in [1.165, 1.54) is 0 Å². The van der Waals surface area contributed by atoms with Crippen LogP contribution < -0.4 is 5.32 Å². The van der Waals surface area contributed by atoms with Crippen LogP contribution in [0, 0.1) is 0 Å². The van der Waals surface area contributed by atoms with Crippen molar-refractivity contribution < 1.29 is 4.79 Å². The summed E-state index contributed by atoms with van der Waals surface area (Å²) in [4.78, 5) is 20.9. The lowest BCUT2D eigenvalue weighted by Gasteiger charge is -2.06. The topological polar surface area (TPSA) is 59.3 Å². The third-order valence-electron chi connectivity index (χ3n) is 3.98. The molecule has 0 atom stereocenters. The van der Waals surface area contributed by atoms with Crippen LogP contribution in [0.1, 0.15) is 5.56 Å². The molecule has 0 saturated carbocycles. The molecule has 0 aliphatic heterocycles. The predicted molar refractivity (Wildman–Crippen MR) is 102 cm³/mol. The first-order valence-electron chi connectivity index (χ1n) is 8.12. The van der Waals surface area contributed by atoms with Crippen molar-refractivity contribution in [3.05, 3.63) is 83.8 Å². The minimum absolute atomic E-state index is 0.0722. The molecule has 6 heteroatoms. The Morgan fingerprint density at radius 2 is 1.85 bits per heavy atom. The van der Waals surface area contributed by atoms with E-state index in [1.54, 1.807) is 18.3 Å². The summed E-state index contributed by atoms with van der Waals surface area (Å²) in [6.07, 6.45) is 5.85. The number of nitrogens with one attached hydrogen (secondary N) is 1. The van der Waals surface area contributed by atoms with Crippen LogP contribution >= 0.6 is 11.6 Å². The molecule has 0 radical (unpaired) electrons. The lowest BCUT2D eigenvalue weighted by molar-refractivity contribution is -0.115. The summed E-state index contributed by atoms with van der Waals surface area (Å²) >= 11 is 5.86. The maximum Gasteiger partial charge on any atom is 0.234 e. The highest BCUT2D eigenvalue weighted by Gasteiger charge is 2.07. The Kier molecular flexibility index (Phi) is 4.37. The minimum Gasteiger partial charge on any atom is -0.326 e. The quantitative estimate of drug-likeness (QED) is 0.591. The summed E-state index contributed by atoms with van der Waals surface area (Å²) in [6, 6.07) is 16.7. The van der Waals surface area contributed by atoms with Gasteiger partial charge in [-0.1, -0.05) is 35.9 Å². The smallest absolute Gasteiger partial charge is 0.234 e. The maximum absolute atomic E-state index is 12.2. The highest BCUT2D eigenvalue weighted by Crippen LogP contribution is 2.21. The van der Waals surface area contributed by atoms with E-state index in [2.05, 4.69) is 15.3 Å². The van der Waals surface area contributed by atoms with Crippen molar-refractivity contribution >= 4 is 29.0 Å². The lowest BCUT2D eigenvalue weighted by atomic mass is 10.1. The van der Waals surface area contributed by atoms with Gasteiger partial charge in [0.05, 0.1) is 12.1 Å². The first-order valence-corrected chi connectivity index (χ1v) is 8.50. The number of nitrogens with zero attached hydrogens (tertiary/aromatic N) is 3. The van der Waals surface area contributed by atoms with Gasteiger partial charge in [-0.3, -0.25) is 9.20 Å². The number of carbonyl (C=O) groups excluding carboxylic acids is 1. The Labute approximate surface area is 155 Å². The van der Waals surface area contributed by atoms with Crippen molar-refractivity contribution in [3.8, 4) is 11.3 Å². The summed E-state index contributed by atoms with van der Waals surface area (Å²) in [5.41, 5.74) is 3.46. The van der Waals surface area contributed by atoms with Crippen molar-refractivity contribution in [2.75, 3.05) is 5.32 Å². The molecule has 0 fully saturated rings. The molecule has 0 spiro atoms. The zero-order chi connectivity index (χ0) is 17.9. The molecule has 0 aliphatic rings. The summed E-state index contributed by atoms with van der Waals surface area (Å²) in [6.45, 7) is 0. The van der Waals surface area contributed by atoms with Crippen LogP contribution in [-0.4, -0.2) is 20.3 Å². The molecule has 0 bridgehead atoms. The van der Waals surface area contributed by atoms with Crippen molar-refractivity contribution in [1.82, 2.24) is 14.4 Å². The fraction of sp³-hybridized carbons (Fsp3) is 0.0500. The van der Waals surface area contributed by atoms with Gasteiger partial charge in [-0.15, -0.1) is 0 Å². The summed E-state index contributed by atoms with van der Waals surface area (Å²) < 4.78 is 1.87. The van der Waals surface area contributed by atoms with Crippen LogP contribution in [0.15, 0.2) is 73.2 Å². The second-order valence-electron chi connectivity index (χ2n) is 5.88. The number of carbonyl (C=O) groups is 1. The van der Waals surface area contributed by atoms with Crippen molar-refractivity contribution in [2.24, 2.45) is 0 Å². The maximum atomic E-state index is 12.2. The average Bonchev–Trinajstić information content (AvgIpc) is 3.08. The zero-order valence-electron chi connectivity index (χ0n) is 13.8. The van der Waals surface area contributed by atoms with Crippen LogP contribution in [0.5, 0.6) is 0 Å². The molecule has 5 nitrogen and oxygen atoms in total. The molecule has 0 unspecified atom stereocenters. The predicted octanol–water partition coefficient (Wildman–Crippen LogP) is 4.23.